The van der Waals surface area contributed by atoms with Gasteiger partial charge in [0.25, 0.3) is 0 Å². The molecule has 0 unspecified atom stereocenters. The lowest BCUT2D eigenvalue weighted by atomic mass is 9.33. The summed E-state index contributed by atoms with van der Waals surface area (Å²) < 4.78 is 0. The quantitative estimate of drug-likeness (QED) is 0.121. The molecule has 0 fully saturated rings. The zero-order valence-corrected chi connectivity index (χ0v) is 36.2. The average molecular weight is 792 g/mol. The topological polar surface area (TPSA) is 9.72 Å². The first kappa shape index (κ1) is 39.7. The molecule has 1 aliphatic heterocycles. The van der Waals surface area contributed by atoms with Crippen molar-refractivity contribution >= 4 is 74.3 Å². The smallest absolute Gasteiger partial charge is 0.247 e. The van der Waals surface area contributed by atoms with E-state index in [0.29, 0.717) is 17.8 Å². The molecule has 0 radical (unpaired) electrons. The van der Waals surface area contributed by atoms with E-state index in [4.69, 9.17) is 0 Å². The summed E-state index contributed by atoms with van der Waals surface area (Å²) in [6.07, 6.45) is 0. The number of para-hydroxylation sites is 6. The first-order chi connectivity index (χ1) is 29.8. The summed E-state index contributed by atoms with van der Waals surface area (Å²) in [5.41, 5.74) is 18.3. The Kier molecular flexibility index (Phi) is 11.1. The second-order valence-corrected chi connectivity index (χ2v) is 17.2. The minimum Gasteiger partial charge on any atom is -0.311 e. The first-order valence-corrected chi connectivity index (χ1v) is 21.9. The molecule has 0 aromatic heterocycles. The molecule has 3 nitrogen and oxygen atoms in total. The molecule has 0 saturated heterocycles. The number of fused-ring (bicyclic) bond motifs is 2. The van der Waals surface area contributed by atoms with Gasteiger partial charge in [-0.1, -0.05) is 168 Å². The summed E-state index contributed by atoms with van der Waals surface area (Å²) >= 11 is 0. The molecule has 0 aliphatic carbocycles. The normalized spacial score (nSPS) is 12.1. The van der Waals surface area contributed by atoms with Crippen molar-refractivity contribution in [1.29, 1.82) is 0 Å². The standard InChI is InChI=1S/C57H54BN3/c1-40(2)43-36-49(41(3)4)57(50(37-43)42(5)6)58-51-34-22-23-35-53(51)61(48-32-20-11-21-33-48)54-39-56(60(46-28-16-9-17-29-46)47-30-18-10-19-31-47)55(38-52(54)58)59(44-24-12-7-13-25-44)45-26-14-8-15-27-45/h7-42H,1-6H3. The van der Waals surface area contributed by atoms with Crippen molar-refractivity contribution in [1.82, 2.24) is 0 Å². The third kappa shape index (κ3) is 7.53. The molecule has 1 aliphatic rings. The maximum atomic E-state index is 2.53. The zero-order chi connectivity index (χ0) is 42.0. The molecule has 1 heterocycles. The maximum Gasteiger partial charge on any atom is 0.247 e. The van der Waals surface area contributed by atoms with Crippen LogP contribution in [0, 0.1) is 0 Å². The van der Waals surface area contributed by atoms with Gasteiger partial charge in [0.2, 0.25) is 6.71 Å². The second-order valence-electron chi connectivity index (χ2n) is 17.2. The molecule has 0 amide bonds. The van der Waals surface area contributed by atoms with E-state index in [1.54, 1.807) is 0 Å². The Morgan fingerprint density at radius 2 is 0.770 bits per heavy atom. The van der Waals surface area contributed by atoms with Gasteiger partial charge >= 0.3 is 0 Å². The van der Waals surface area contributed by atoms with Crippen LogP contribution in [0.5, 0.6) is 0 Å². The van der Waals surface area contributed by atoms with Crippen LogP contribution >= 0.6 is 0 Å². The van der Waals surface area contributed by atoms with Crippen molar-refractivity contribution in [3.8, 4) is 0 Å². The SMILES string of the molecule is CC(C)c1cc(C(C)C)c(B2c3ccccc3N(c3ccccc3)c3cc(N(c4ccccc4)c4ccccc4)c(N(c4ccccc4)c4ccccc4)cc32)c(C(C)C)c1. The lowest BCUT2D eigenvalue weighted by Gasteiger charge is -2.41. The van der Waals surface area contributed by atoms with E-state index >= 15 is 0 Å². The van der Waals surface area contributed by atoms with Crippen molar-refractivity contribution in [2.75, 3.05) is 14.7 Å². The van der Waals surface area contributed by atoms with E-state index in [1.165, 1.54) is 44.5 Å². The Balaban J connectivity index is 1.47. The Morgan fingerprint density at radius 3 is 1.20 bits per heavy atom. The van der Waals surface area contributed by atoms with Crippen LogP contribution in [0.1, 0.15) is 76.0 Å². The van der Waals surface area contributed by atoms with E-state index in [0.717, 1.165) is 39.8 Å². The summed E-state index contributed by atoms with van der Waals surface area (Å²) in [7, 11) is 0. The molecule has 300 valence electrons. The van der Waals surface area contributed by atoms with Crippen LogP contribution in [0.3, 0.4) is 0 Å². The van der Waals surface area contributed by atoms with Crippen LogP contribution in [0.15, 0.2) is 200 Å². The average Bonchev–Trinajstić information content (AvgIpc) is 3.30. The molecule has 0 spiro atoms. The van der Waals surface area contributed by atoms with Crippen LogP contribution in [0.4, 0.5) is 51.2 Å². The third-order valence-electron chi connectivity index (χ3n) is 12.2. The molecular formula is C57H54BN3. The van der Waals surface area contributed by atoms with E-state index in [2.05, 4.69) is 256 Å². The van der Waals surface area contributed by atoms with Gasteiger partial charge in [0.1, 0.15) is 0 Å². The molecule has 8 aromatic carbocycles. The van der Waals surface area contributed by atoms with Gasteiger partial charge < -0.3 is 14.7 Å². The minimum atomic E-state index is -0.0368. The van der Waals surface area contributed by atoms with Gasteiger partial charge in [-0.05, 0) is 124 Å². The highest BCUT2D eigenvalue weighted by molar-refractivity contribution is 6.98. The molecule has 0 N–H and O–H groups in total. The fraction of sp³-hybridized carbons (Fsp3) is 0.158. The van der Waals surface area contributed by atoms with Crippen LogP contribution in [0.25, 0.3) is 0 Å². The van der Waals surface area contributed by atoms with Crippen LogP contribution in [0.2, 0.25) is 0 Å². The van der Waals surface area contributed by atoms with Gasteiger partial charge in [0, 0.05) is 39.8 Å². The second kappa shape index (κ2) is 17.1. The summed E-state index contributed by atoms with van der Waals surface area (Å²) in [6.45, 7) is 14.1. The highest BCUT2D eigenvalue weighted by atomic mass is 15.2. The fourth-order valence-corrected chi connectivity index (χ4v) is 9.27. The van der Waals surface area contributed by atoms with Crippen LogP contribution < -0.4 is 31.1 Å². The van der Waals surface area contributed by atoms with E-state index in [9.17, 15) is 0 Å². The molecule has 4 heteroatoms. The van der Waals surface area contributed by atoms with Gasteiger partial charge in [-0.15, -0.1) is 0 Å². The predicted octanol–water partition coefficient (Wildman–Crippen LogP) is 14.3. The summed E-state index contributed by atoms with van der Waals surface area (Å²) in [5, 5.41) is 0. The Morgan fingerprint density at radius 1 is 0.377 bits per heavy atom. The van der Waals surface area contributed by atoms with Gasteiger partial charge in [-0.3, -0.25) is 0 Å². The number of hydrogen-bond acceptors (Lipinski definition) is 3. The number of nitrogens with zero attached hydrogens (tertiary/aromatic N) is 3. The molecule has 9 rings (SSSR count). The van der Waals surface area contributed by atoms with Gasteiger partial charge in [-0.25, -0.2) is 0 Å². The Bertz CT molecular complexity index is 2620. The monoisotopic (exact) mass is 791 g/mol. The lowest BCUT2D eigenvalue weighted by molar-refractivity contribution is 0.812. The van der Waals surface area contributed by atoms with Gasteiger partial charge in [0.05, 0.1) is 11.4 Å². The molecule has 0 bridgehead atoms. The largest absolute Gasteiger partial charge is 0.311 e. The molecule has 8 aromatic rings. The van der Waals surface area contributed by atoms with Crippen molar-refractivity contribution < 1.29 is 0 Å². The van der Waals surface area contributed by atoms with E-state index in [1.807, 2.05) is 0 Å². The highest BCUT2D eigenvalue weighted by Crippen LogP contribution is 2.49. The molecule has 0 atom stereocenters. The summed E-state index contributed by atoms with van der Waals surface area (Å²) in [6, 6.07) is 73.4. The number of anilines is 9. The summed E-state index contributed by atoms with van der Waals surface area (Å²) in [4.78, 5) is 7.39. The first-order valence-electron chi connectivity index (χ1n) is 21.9. The molecule has 61 heavy (non-hydrogen) atoms. The fourth-order valence-electron chi connectivity index (χ4n) is 9.27. The number of hydrogen-bond donors (Lipinski definition) is 0. The van der Waals surface area contributed by atoms with Crippen molar-refractivity contribution in [2.24, 2.45) is 0 Å². The number of rotatable bonds is 11. The van der Waals surface area contributed by atoms with Crippen molar-refractivity contribution in [3.63, 3.8) is 0 Å². The van der Waals surface area contributed by atoms with Crippen molar-refractivity contribution in [2.45, 2.75) is 59.3 Å². The Hall–Kier alpha value is -6.78. The maximum absolute atomic E-state index is 2.53. The zero-order valence-electron chi connectivity index (χ0n) is 36.2. The molecule has 0 saturated carbocycles. The highest BCUT2D eigenvalue weighted by Gasteiger charge is 2.40. The number of benzene rings is 8. The third-order valence-corrected chi connectivity index (χ3v) is 12.2. The van der Waals surface area contributed by atoms with Gasteiger partial charge in [0.15, 0.2) is 0 Å². The van der Waals surface area contributed by atoms with Crippen molar-refractivity contribution in [3.05, 3.63) is 217 Å². The summed E-state index contributed by atoms with van der Waals surface area (Å²) in [5.74, 6) is 1.07. The Labute approximate surface area is 363 Å². The molecular weight excluding hydrogens is 737 g/mol. The minimum absolute atomic E-state index is 0.0368. The lowest BCUT2D eigenvalue weighted by Crippen LogP contribution is -2.59. The van der Waals surface area contributed by atoms with E-state index < -0.39 is 0 Å². The van der Waals surface area contributed by atoms with Gasteiger partial charge in [-0.2, -0.15) is 0 Å². The predicted molar refractivity (Wildman–Crippen MR) is 264 cm³/mol. The van der Waals surface area contributed by atoms with Crippen LogP contribution in [-0.2, 0) is 0 Å². The van der Waals surface area contributed by atoms with E-state index in [-0.39, 0.29) is 6.71 Å². The van der Waals surface area contributed by atoms with Crippen LogP contribution in [-0.4, -0.2) is 6.71 Å².